The van der Waals surface area contributed by atoms with Crippen LogP contribution in [-0.2, 0) is 16.6 Å². The van der Waals surface area contributed by atoms with Crippen molar-refractivity contribution in [1.82, 2.24) is 19.6 Å². The third kappa shape index (κ3) is 3.84. The van der Waals surface area contributed by atoms with Gasteiger partial charge in [0.1, 0.15) is 6.04 Å². The molecule has 0 saturated carbocycles. The lowest BCUT2D eigenvalue weighted by atomic mass is 10.0. The first kappa shape index (κ1) is 19.4. The number of carbonyl (C=O) groups is 2. The van der Waals surface area contributed by atoms with Gasteiger partial charge < -0.3 is 9.64 Å². The first-order valence-corrected chi connectivity index (χ1v) is 9.16. The number of nitrogens with zero attached hydrogens (tertiary/aromatic N) is 4. The summed E-state index contributed by atoms with van der Waals surface area (Å²) in [5.74, 6) is -0.390. The number of carbonyl (C=O) groups excluding carboxylic acids is 2. The molecule has 144 valence electrons. The van der Waals surface area contributed by atoms with E-state index < -0.39 is 6.04 Å². The highest BCUT2D eigenvalue weighted by molar-refractivity contribution is 6.31. The number of aromatic nitrogens is 2. The third-order valence-corrected chi connectivity index (χ3v) is 5.40. The molecule has 0 spiro atoms. The second kappa shape index (κ2) is 8.10. The van der Waals surface area contributed by atoms with Gasteiger partial charge in [-0.05, 0) is 18.6 Å². The van der Waals surface area contributed by atoms with E-state index in [0.29, 0.717) is 42.3 Å². The number of methoxy groups -OCH3 is 1. The average Bonchev–Trinajstić information content (AvgIpc) is 3.02. The average molecular weight is 391 g/mol. The highest BCUT2D eigenvalue weighted by atomic mass is 35.5. The first-order chi connectivity index (χ1) is 12.9. The molecule has 0 N–H and O–H groups in total. The SMILES string of the molecule is COC(=O)C(c1ccccc1Cl)N1CCN(C(=O)c2cnn(C)c2C)CC1. The number of hydrogen-bond donors (Lipinski definition) is 0. The van der Waals surface area contributed by atoms with Crippen molar-refractivity contribution in [3.63, 3.8) is 0 Å². The minimum Gasteiger partial charge on any atom is -0.468 e. The number of hydrogen-bond acceptors (Lipinski definition) is 5. The lowest BCUT2D eigenvalue weighted by molar-refractivity contribution is -0.148. The Hall–Kier alpha value is -2.38. The lowest BCUT2D eigenvalue weighted by Gasteiger charge is -2.38. The van der Waals surface area contributed by atoms with Crippen LogP contribution in [0.5, 0.6) is 0 Å². The van der Waals surface area contributed by atoms with Crippen LogP contribution in [0.1, 0.15) is 27.7 Å². The first-order valence-electron chi connectivity index (χ1n) is 8.78. The predicted molar refractivity (Wildman–Crippen MR) is 102 cm³/mol. The molecule has 2 heterocycles. The van der Waals surface area contributed by atoms with Crippen LogP contribution < -0.4 is 0 Å². The van der Waals surface area contributed by atoms with Gasteiger partial charge in [0.2, 0.25) is 0 Å². The molecule has 0 radical (unpaired) electrons. The number of benzene rings is 1. The smallest absolute Gasteiger partial charge is 0.327 e. The van der Waals surface area contributed by atoms with Crippen molar-refractivity contribution in [2.75, 3.05) is 33.3 Å². The predicted octanol–water partition coefficient (Wildman–Crippen LogP) is 2.05. The molecule has 8 heteroatoms. The van der Waals surface area contributed by atoms with E-state index in [1.54, 1.807) is 21.8 Å². The van der Waals surface area contributed by atoms with Crippen LogP contribution in [0.15, 0.2) is 30.5 Å². The summed E-state index contributed by atoms with van der Waals surface area (Å²) in [5, 5.41) is 4.67. The molecule has 3 rings (SSSR count). The summed E-state index contributed by atoms with van der Waals surface area (Å²) in [6.45, 7) is 4.02. The fourth-order valence-electron chi connectivity index (χ4n) is 3.34. The van der Waals surface area contributed by atoms with Crippen molar-refractivity contribution in [1.29, 1.82) is 0 Å². The maximum Gasteiger partial charge on any atom is 0.327 e. The van der Waals surface area contributed by atoms with E-state index in [9.17, 15) is 9.59 Å². The van der Waals surface area contributed by atoms with Crippen LogP contribution in [-0.4, -0.2) is 64.7 Å². The van der Waals surface area contributed by atoms with Crippen LogP contribution in [0.3, 0.4) is 0 Å². The number of piperazine rings is 1. The normalized spacial score (nSPS) is 16.2. The van der Waals surface area contributed by atoms with Gasteiger partial charge in [-0.2, -0.15) is 5.10 Å². The quantitative estimate of drug-likeness (QED) is 0.747. The molecule has 1 aliphatic heterocycles. The molecule has 27 heavy (non-hydrogen) atoms. The zero-order valence-electron chi connectivity index (χ0n) is 15.7. The summed E-state index contributed by atoms with van der Waals surface area (Å²) in [6, 6.07) is 6.69. The molecular weight excluding hydrogens is 368 g/mol. The summed E-state index contributed by atoms with van der Waals surface area (Å²) in [6.07, 6.45) is 1.60. The number of rotatable bonds is 4. The van der Waals surface area contributed by atoms with E-state index in [4.69, 9.17) is 16.3 Å². The van der Waals surface area contributed by atoms with Crippen LogP contribution >= 0.6 is 11.6 Å². The van der Waals surface area contributed by atoms with Gasteiger partial charge in [0.15, 0.2) is 0 Å². The van der Waals surface area contributed by atoms with Crippen molar-refractivity contribution in [2.24, 2.45) is 7.05 Å². The maximum absolute atomic E-state index is 12.8. The summed E-state index contributed by atoms with van der Waals surface area (Å²) in [7, 11) is 3.19. The van der Waals surface area contributed by atoms with Gasteiger partial charge in [0.05, 0.1) is 18.9 Å². The van der Waals surface area contributed by atoms with Gasteiger partial charge in [0, 0.05) is 43.9 Å². The molecule has 1 fully saturated rings. The Bertz CT molecular complexity index is 843. The topological polar surface area (TPSA) is 67.7 Å². The van der Waals surface area contributed by atoms with E-state index in [2.05, 4.69) is 5.10 Å². The van der Waals surface area contributed by atoms with E-state index in [-0.39, 0.29) is 11.9 Å². The van der Waals surface area contributed by atoms with Crippen LogP contribution in [0.4, 0.5) is 0 Å². The molecule has 0 aliphatic carbocycles. The Kier molecular flexibility index (Phi) is 5.82. The molecule has 1 unspecified atom stereocenters. The largest absolute Gasteiger partial charge is 0.468 e. The number of aryl methyl sites for hydroxylation is 1. The van der Waals surface area contributed by atoms with Gasteiger partial charge in [-0.3, -0.25) is 14.4 Å². The van der Waals surface area contributed by atoms with Crippen LogP contribution in [0, 0.1) is 6.92 Å². The van der Waals surface area contributed by atoms with Gasteiger partial charge in [0.25, 0.3) is 5.91 Å². The summed E-state index contributed by atoms with van der Waals surface area (Å²) in [5.41, 5.74) is 2.17. The Labute approximate surface area is 163 Å². The monoisotopic (exact) mass is 390 g/mol. The van der Waals surface area contributed by atoms with Crippen LogP contribution in [0.25, 0.3) is 0 Å². The van der Waals surface area contributed by atoms with E-state index in [0.717, 1.165) is 5.69 Å². The zero-order chi connectivity index (χ0) is 19.6. The Balaban J connectivity index is 1.74. The molecule has 1 saturated heterocycles. The fraction of sp³-hybridized carbons (Fsp3) is 0.421. The molecule has 1 aromatic heterocycles. The second-order valence-corrected chi connectivity index (χ2v) is 6.95. The minimum atomic E-state index is -0.582. The molecular formula is C19H23ClN4O3. The van der Waals surface area contributed by atoms with Crippen LogP contribution in [0.2, 0.25) is 5.02 Å². The molecule has 1 amide bonds. The zero-order valence-corrected chi connectivity index (χ0v) is 16.4. The van der Waals surface area contributed by atoms with Gasteiger partial charge in [-0.15, -0.1) is 0 Å². The molecule has 1 aliphatic rings. The standard InChI is InChI=1S/C19H23ClN4O3/c1-13-15(12-21-22(13)2)18(25)24-10-8-23(9-11-24)17(19(26)27-3)14-6-4-5-7-16(14)20/h4-7,12,17H,8-11H2,1-3H3. The molecule has 1 atom stereocenters. The number of amides is 1. The number of halogens is 1. The maximum atomic E-state index is 12.8. The van der Waals surface area contributed by atoms with Crippen molar-refractivity contribution in [2.45, 2.75) is 13.0 Å². The minimum absolute atomic E-state index is 0.0346. The molecule has 2 aromatic rings. The van der Waals surface area contributed by atoms with Gasteiger partial charge >= 0.3 is 5.97 Å². The highest BCUT2D eigenvalue weighted by Crippen LogP contribution is 2.29. The number of ether oxygens (including phenoxy) is 1. The Morgan fingerprint density at radius 2 is 1.85 bits per heavy atom. The lowest BCUT2D eigenvalue weighted by Crippen LogP contribution is -2.51. The third-order valence-electron chi connectivity index (χ3n) is 5.06. The molecule has 7 nitrogen and oxygen atoms in total. The summed E-state index contributed by atoms with van der Waals surface area (Å²) < 4.78 is 6.69. The number of esters is 1. The Morgan fingerprint density at radius 3 is 2.41 bits per heavy atom. The fourth-order valence-corrected chi connectivity index (χ4v) is 3.58. The summed E-state index contributed by atoms with van der Waals surface area (Å²) in [4.78, 5) is 29.0. The van der Waals surface area contributed by atoms with Gasteiger partial charge in [-0.25, -0.2) is 4.79 Å². The summed E-state index contributed by atoms with van der Waals surface area (Å²) >= 11 is 6.31. The van der Waals surface area contributed by atoms with Gasteiger partial charge in [-0.1, -0.05) is 29.8 Å². The van der Waals surface area contributed by atoms with Crippen molar-refractivity contribution in [3.05, 3.63) is 52.3 Å². The molecule has 1 aromatic carbocycles. The van der Waals surface area contributed by atoms with E-state index >= 15 is 0 Å². The van der Waals surface area contributed by atoms with E-state index in [1.165, 1.54) is 7.11 Å². The highest BCUT2D eigenvalue weighted by Gasteiger charge is 2.34. The Morgan fingerprint density at radius 1 is 1.19 bits per heavy atom. The van der Waals surface area contributed by atoms with Crippen molar-refractivity contribution >= 4 is 23.5 Å². The van der Waals surface area contributed by atoms with Crippen molar-refractivity contribution < 1.29 is 14.3 Å². The second-order valence-electron chi connectivity index (χ2n) is 6.54. The van der Waals surface area contributed by atoms with E-state index in [1.807, 2.05) is 37.1 Å². The molecule has 0 bridgehead atoms. The van der Waals surface area contributed by atoms with Crippen molar-refractivity contribution in [3.8, 4) is 0 Å².